The van der Waals surface area contributed by atoms with E-state index in [2.05, 4.69) is 20.8 Å². The highest BCUT2D eigenvalue weighted by atomic mass is 35.5. The first-order chi connectivity index (χ1) is 11.1. The number of hydrogen-bond acceptors (Lipinski definition) is 5. The zero-order valence-corrected chi connectivity index (χ0v) is 13.9. The number of nitrogens with zero attached hydrogens (tertiary/aromatic N) is 2. The molecule has 0 aliphatic carbocycles. The molecule has 1 amide bonds. The van der Waals surface area contributed by atoms with Crippen LogP contribution in [0.3, 0.4) is 0 Å². The van der Waals surface area contributed by atoms with Crippen molar-refractivity contribution in [2.24, 2.45) is 0 Å². The lowest BCUT2D eigenvalue weighted by Crippen LogP contribution is -2.26. The summed E-state index contributed by atoms with van der Waals surface area (Å²) in [6.07, 6.45) is 0.753. The maximum absolute atomic E-state index is 11.9. The van der Waals surface area contributed by atoms with Crippen molar-refractivity contribution >= 4 is 29.0 Å². The molecule has 1 heterocycles. The summed E-state index contributed by atoms with van der Waals surface area (Å²) in [5.74, 6) is 0.297. The standard InChI is InChI=1S/C16H19ClN4O2/c1-11-12(17)5-3-6-13(11)19-15-8-7-14(20-21-15)16(22)18-9-4-10-23-2/h3,5-8H,4,9-10H2,1-2H3,(H,18,22)(H,19,21). The highest BCUT2D eigenvalue weighted by Gasteiger charge is 2.08. The molecular weight excluding hydrogens is 316 g/mol. The van der Waals surface area contributed by atoms with Gasteiger partial charge in [0.15, 0.2) is 11.5 Å². The van der Waals surface area contributed by atoms with Crippen molar-refractivity contribution in [3.8, 4) is 0 Å². The summed E-state index contributed by atoms with van der Waals surface area (Å²) in [4.78, 5) is 11.9. The highest BCUT2D eigenvalue weighted by molar-refractivity contribution is 6.31. The molecule has 1 aromatic heterocycles. The molecule has 0 unspecified atom stereocenters. The Labute approximate surface area is 140 Å². The average molecular weight is 335 g/mol. The Morgan fingerprint density at radius 1 is 1.26 bits per heavy atom. The number of benzene rings is 1. The molecule has 0 spiro atoms. The van der Waals surface area contributed by atoms with E-state index in [0.29, 0.717) is 24.0 Å². The molecule has 122 valence electrons. The Morgan fingerprint density at radius 3 is 2.78 bits per heavy atom. The Hall–Kier alpha value is -2.18. The van der Waals surface area contributed by atoms with Crippen LogP contribution >= 0.6 is 11.6 Å². The van der Waals surface area contributed by atoms with Crippen LogP contribution in [0.15, 0.2) is 30.3 Å². The van der Waals surface area contributed by atoms with E-state index in [1.807, 2.05) is 25.1 Å². The quantitative estimate of drug-likeness (QED) is 0.761. The van der Waals surface area contributed by atoms with E-state index in [1.165, 1.54) is 0 Å². The monoisotopic (exact) mass is 334 g/mol. The molecule has 1 aromatic carbocycles. The van der Waals surface area contributed by atoms with Gasteiger partial charge >= 0.3 is 0 Å². The van der Waals surface area contributed by atoms with Crippen LogP contribution in [0.25, 0.3) is 0 Å². The number of carbonyl (C=O) groups is 1. The lowest BCUT2D eigenvalue weighted by Gasteiger charge is -2.09. The molecule has 0 fully saturated rings. The van der Waals surface area contributed by atoms with Gasteiger partial charge in [-0.25, -0.2) is 0 Å². The van der Waals surface area contributed by atoms with Crippen LogP contribution in [-0.2, 0) is 4.74 Å². The summed E-state index contributed by atoms with van der Waals surface area (Å²) < 4.78 is 4.92. The van der Waals surface area contributed by atoms with Crippen molar-refractivity contribution in [2.45, 2.75) is 13.3 Å². The summed E-state index contributed by atoms with van der Waals surface area (Å²) in [5.41, 5.74) is 2.05. The molecular formula is C16H19ClN4O2. The number of rotatable bonds is 7. The summed E-state index contributed by atoms with van der Waals surface area (Å²) in [7, 11) is 1.63. The molecule has 2 aromatic rings. The fraction of sp³-hybridized carbons (Fsp3) is 0.312. The van der Waals surface area contributed by atoms with E-state index in [0.717, 1.165) is 17.7 Å². The van der Waals surface area contributed by atoms with Gasteiger partial charge in [0.25, 0.3) is 5.91 Å². The van der Waals surface area contributed by atoms with Gasteiger partial charge in [0.2, 0.25) is 0 Å². The van der Waals surface area contributed by atoms with Gasteiger partial charge in [0.05, 0.1) is 0 Å². The number of ether oxygens (including phenoxy) is 1. The molecule has 23 heavy (non-hydrogen) atoms. The molecule has 0 saturated carbocycles. The third-order valence-electron chi connectivity index (χ3n) is 3.24. The van der Waals surface area contributed by atoms with E-state index in [4.69, 9.17) is 16.3 Å². The smallest absolute Gasteiger partial charge is 0.271 e. The maximum Gasteiger partial charge on any atom is 0.271 e. The van der Waals surface area contributed by atoms with E-state index >= 15 is 0 Å². The van der Waals surface area contributed by atoms with Gasteiger partial charge in [0, 0.05) is 31.0 Å². The third kappa shape index (κ3) is 4.91. The first-order valence-corrected chi connectivity index (χ1v) is 7.62. The molecule has 0 saturated heterocycles. The molecule has 0 atom stereocenters. The van der Waals surface area contributed by atoms with Crippen molar-refractivity contribution in [1.29, 1.82) is 0 Å². The Kier molecular flexibility index (Phi) is 6.31. The predicted molar refractivity (Wildman–Crippen MR) is 90.3 cm³/mol. The van der Waals surface area contributed by atoms with Crippen LogP contribution in [0.5, 0.6) is 0 Å². The second-order valence-corrected chi connectivity index (χ2v) is 5.35. The average Bonchev–Trinajstić information content (AvgIpc) is 2.56. The normalized spacial score (nSPS) is 10.4. The van der Waals surface area contributed by atoms with Gasteiger partial charge in [-0.15, -0.1) is 10.2 Å². The number of nitrogens with one attached hydrogen (secondary N) is 2. The second-order valence-electron chi connectivity index (χ2n) is 4.94. The zero-order valence-electron chi connectivity index (χ0n) is 13.1. The van der Waals surface area contributed by atoms with Crippen molar-refractivity contribution in [3.05, 3.63) is 46.6 Å². The van der Waals surface area contributed by atoms with Crippen LogP contribution in [-0.4, -0.2) is 36.4 Å². The summed E-state index contributed by atoms with van der Waals surface area (Å²) in [5, 5.41) is 14.5. The molecule has 0 aliphatic heterocycles. The number of hydrogen-bond donors (Lipinski definition) is 2. The molecule has 0 aliphatic rings. The number of halogens is 1. The first kappa shape index (κ1) is 17.2. The van der Waals surface area contributed by atoms with Crippen LogP contribution in [0.1, 0.15) is 22.5 Å². The lowest BCUT2D eigenvalue weighted by atomic mass is 10.2. The van der Waals surface area contributed by atoms with Gasteiger partial charge in [-0.1, -0.05) is 17.7 Å². The van der Waals surface area contributed by atoms with Crippen LogP contribution in [0.2, 0.25) is 5.02 Å². The van der Waals surface area contributed by atoms with Crippen molar-refractivity contribution in [2.75, 3.05) is 25.6 Å². The van der Waals surface area contributed by atoms with Crippen molar-refractivity contribution < 1.29 is 9.53 Å². The molecule has 0 radical (unpaired) electrons. The topological polar surface area (TPSA) is 76.1 Å². The molecule has 6 nitrogen and oxygen atoms in total. The van der Waals surface area contributed by atoms with E-state index in [9.17, 15) is 4.79 Å². The number of carbonyl (C=O) groups excluding carboxylic acids is 1. The summed E-state index contributed by atoms with van der Waals surface area (Å²) in [6, 6.07) is 8.91. The van der Waals surface area contributed by atoms with Crippen LogP contribution in [0.4, 0.5) is 11.5 Å². The minimum Gasteiger partial charge on any atom is -0.385 e. The minimum atomic E-state index is -0.251. The van der Waals surface area contributed by atoms with Gasteiger partial charge in [-0.05, 0) is 43.2 Å². The van der Waals surface area contributed by atoms with E-state index in [-0.39, 0.29) is 11.6 Å². The Bertz CT molecular complexity index is 662. The SMILES string of the molecule is COCCCNC(=O)c1ccc(Nc2cccc(Cl)c2C)nn1. The number of aromatic nitrogens is 2. The maximum atomic E-state index is 11.9. The fourth-order valence-electron chi connectivity index (χ4n) is 1.91. The van der Waals surface area contributed by atoms with Crippen LogP contribution in [0, 0.1) is 6.92 Å². The van der Waals surface area contributed by atoms with E-state index in [1.54, 1.807) is 19.2 Å². The van der Waals surface area contributed by atoms with Gasteiger partial charge in [0.1, 0.15) is 0 Å². The number of methoxy groups -OCH3 is 1. The van der Waals surface area contributed by atoms with Gasteiger partial charge in [-0.3, -0.25) is 4.79 Å². The van der Waals surface area contributed by atoms with Crippen LogP contribution < -0.4 is 10.6 Å². The second kappa shape index (κ2) is 8.45. The highest BCUT2D eigenvalue weighted by Crippen LogP contribution is 2.25. The summed E-state index contributed by atoms with van der Waals surface area (Å²) >= 11 is 6.08. The predicted octanol–water partition coefficient (Wildman–Crippen LogP) is 2.95. The third-order valence-corrected chi connectivity index (χ3v) is 3.65. The Balaban J connectivity index is 1.96. The molecule has 0 bridgehead atoms. The zero-order chi connectivity index (χ0) is 16.7. The van der Waals surface area contributed by atoms with Gasteiger partial charge in [-0.2, -0.15) is 0 Å². The lowest BCUT2D eigenvalue weighted by molar-refractivity contribution is 0.0942. The molecule has 2 rings (SSSR count). The Morgan fingerprint density at radius 2 is 2.09 bits per heavy atom. The van der Waals surface area contributed by atoms with Crippen molar-refractivity contribution in [1.82, 2.24) is 15.5 Å². The van der Waals surface area contributed by atoms with E-state index < -0.39 is 0 Å². The van der Waals surface area contributed by atoms with Crippen molar-refractivity contribution in [3.63, 3.8) is 0 Å². The minimum absolute atomic E-state index is 0.251. The van der Waals surface area contributed by atoms with Gasteiger partial charge < -0.3 is 15.4 Å². The molecule has 2 N–H and O–H groups in total. The largest absolute Gasteiger partial charge is 0.385 e. The summed E-state index contributed by atoms with van der Waals surface area (Å²) in [6.45, 7) is 3.06. The number of anilines is 2. The molecule has 7 heteroatoms. The first-order valence-electron chi connectivity index (χ1n) is 7.25. The number of amides is 1. The fourth-order valence-corrected chi connectivity index (χ4v) is 2.08.